The van der Waals surface area contributed by atoms with Gasteiger partial charge in [-0.1, -0.05) is 17.7 Å². The smallest absolute Gasteiger partial charge is 0.266 e. The van der Waals surface area contributed by atoms with Crippen molar-refractivity contribution in [1.82, 2.24) is 4.57 Å². The predicted molar refractivity (Wildman–Crippen MR) is 115 cm³/mol. The van der Waals surface area contributed by atoms with Crippen LogP contribution in [0.5, 0.6) is 5.75 Å². The lowest BCUT2D eigenvalue weighted by Gasteiger charge is -2.13. The molecule has 0 atom stereocenters. The second-order valence-corrected chi connectivity index (χ2v) is 7.20. The summed E-state index contributed by atoms with van der Waals surface area (Å²) in [4.78, 5) is 12.5. The maximum Gasteiger partial charge on any atom is 0.266 e. The number of rotatable bonds is 4. The molecule has 1 amide bonds. The second-order valence-electron chi connectivity index (χ2n) is 6.76. The number of nitrogens with zero attached hydrogens (tertiary/aromatic N) is 2. The largest absolute Gasteiger partial charge is 0.508 e. The van der Waals surface area contributed by atoms with Crippen LogP contribution < -0.4 is 5.32 Å². The van der Waals surface area contributed by atoms with Gasteiger partial charge in [-0.15, -0.1) is 0 Å². The van der Waals surface area contributed by atoms with Crippen molar-refractivity contribution < 1.29 is 9.90 Å². The van der Waals surface area contributed by atoms with E-state index in [4.69, 9.17) is 11.6 Å². The minimum atomic E-state index is -0.512. The molecule has 1 heterocycles. The summed E-state index contributed by atoms with van der Waals surface area (Å²) >= 11 is 6.18. The van der Waals surface area contributed by atoms with E-state index >= 15 is 0 Å². The number of amides is 1. The summed E-state index contributed by atoms with van der Waals surface area (Å²) in [5.74, 6) is -0.412. The Morgan fingerprint density at radius 2 is 1.83 bits per heavy atom. The zero-order valence-corrected chi connectivity index (χ0v) is 17.1. The van der Waals surface area contributed by atoms with Gasteiger partial charge in [-0.3, -0.25) is 4.79 Å². The second kappa shape index (κ2) is 8.26. The quantitative estimate of drug-likeness (QED) is 0.351. The zero-order chi connectivity index (χ0) is 21.1. The van der Waals surface area contributed by atoms with Gasteiger partial charge < -0.3 is 15.0 Å². The number of hydrogen-bond acceptors (Lipinski definition) is 3. The average Bonchev–Trinajstić information content (AvgIpc) is 2.96. The summed E-state index contributed by atoms with van der Waals surface area (Å²) in [5.41, 5.74) is 5.15. The lowest BCUT2D eigenvalue weighted by atomic mass is 10.1. The molecule has 3 rings (SSSR count). The fourth-order valence-electron chi connectivity index (χ4n) is 3.18. The SMILES string of the molecule is Cc1ccc(Cl)cc1-n1c(C)cc(/C=C(/C#N)C(=O)Nc2ccc(O)cc2)c1C. The Kier molecular flexibility index (Phi) is 5.76. The Bertz CT molecular complexity index is 1150. The van der Waals surface area contributed by atoms with Crippen molar-refractivity contribution in [2.75, 3.05) is 5.32 Å². The Morgan fingerprint density at radius 1 is 1.14 bits per heavy atom. The van der Waals surface area contributed by atoms with Gasteiger partial charge in [0, 0.05) is 27.8 Å². The fraction of sp³-hybridized carbons (Fsp3) is 0.130. The number of halogens is 1. The number of nitrogens with one attached hydrogen (secondary N) is 1. The van der Waals surface area contributed by atoms with Gasteiger partial charge in [0.15, 0.2) is 0 Å². The Labute approximate surface area is 174 Å². The molecular weight excluding hydrogens is 386 g/mol. The molecular formula is C23H20ClN3O2. The van der Waals surface area contributed by atoms with Gasteiger partial charge in [0.1, 0.15) is 17.4 Å². The lowest BCUT2D eigenvalue weighted by molar-refractivity contribution is -0.112. The summed E-state index contributed by atoms with van der Waals surface area (Å²) in [7, 11) is 0. The molecule has 0 fully saturated rings. The zero-order valence-electron chi connectivity index (χ0n) is 16.3. The summed E-state index contributed by atoms with van der Waals surface area (Å²) in [6.45, 7) is 5.91. The maximum atomic E-state index is 12.5. The molecule has 3 aromatic rings. The number of hydrogen-bond donors (Lipinski definition) is 2. The minimum Gasteiger partial charge on any atom is -0.508 e. The van der Waals surface area contributed by atoms with Crippen molar-refractivity contribution in [2.45, 2.75) is 20.8 Å². The van der Waals surface area contributed by atoms with Gasteiger partial charge in [-0.25, -0.2) is 0 Å². The van der Waals surface area contributed by atoms with Gasteiger partial charge in [0.05, 0.1) is 0 Å². The van der Waals surface area contributed by atoms with Crippen molar-refractivity contribution in [3.63, 3.8) is 0 Å². The fourth-order valence-corrected chi connectivity index (χ4v) is 3.34. The predicted octanol–water partition coefficient (Wildman–Crippen LogP) is 5.31. The monoisotopic (exact) mass is 405 g/mol. The number of aromatic nitrogens is 1. The Hall–Kier alpha value is -3.49. The third-order valence-corrected chi connectivity index (χ3v) is 4.91. The van der Waals surface area contributed by atoms with E-state index in [1.807, 2.05) is 51.1 Å². The van der Waals surface area contributed by atoms with Crippen LogP contribution in [-0.4, -0.2) is 15.6 Å². The van der Waals surface area contributed by atoms with Crippen LogP contribution in [0.15, 0.2) is 54.1 Å². The normalized spacial score (nSPS) is 11.2. The van der Waals surface area contributed by atoms with Gasteiger partial charge in [-0.2, -0.15) is 5.26 Å². The molecule has 0 saturated heterocycles. The third kappa shape index (κ3) is 4.34. The van der Waals surface area contributed by atoms with E-state index in [2.05, 4.69) is 9.88 Å². The van der Waals surface area contributed by atoms with Crippen LogP contribution >= 0.6 is 11.6 Å². The average molecular weight is 406 g/mol. The number of phenols is 1. The van der Waals surface area contributed by atoms with Crippen LogP contribution in [0.4, 0.5) is 5.69 Å². The minimum absolute atomic E-state index is 0.0128. The van der Waals surface area contributed by atoms with E-state index < -0.39 is 5.91 Å². The van der Waals surface area contributed by atoms with E-state index in [1.165, 1.54) is 12.1 Å². The van der Waals surface area contributed by atoms with Gasteiger partial charge in [-0.05, 0) is 80.4 Å². The Balaban J connectivity index is 1.96. The number of carbonyl (C=O) groups is 1. The van der Waals surface area contributed by atoms with Crippen molar-refractivity contribution in [2.24, 2.45) is 0 Å². The first kappa shape index (κ1) is 20.2. The van der Waals surface area contributed by atoms with Gasteiger partial charge in [0.2, 0.25) is 0 Å². The highest BCUT2D eigenvalue weighted by Crippen LogP contribution is 2.27. The summed E-state index contributed by atoms with van der Waals surface area (Å²) in [6.07, 6.45) is 1.58. The van der Waals surface area contributed by atoms with Gasteiger partial charge >= 0.3 is 0 Å². The maximum absolute atomic E-state index is 12.5. The Morgan fingerprint density at radius 3 is 2.48 bits per heavy atom. The molecule has 5 nitrogen and oxygen atoms in total. The molecule has 2 aromatic carbocycles. The van der Waals surface area contributed by atoms with Crippen molar-refractivity contribution in [3.8, 4) is 17.5 Å². The molecule has 1 aromatic heterocycles. The van der Waals surface area contributed by atoms with E-state index in [0.29, 0.717) is 10.7 Å². The first-order valence-electron chi connectivity index (χ1n) is 8.98. The lowest BCUT2D eigenvalue weighted by Crippen LogP contribution is -2.13. The van der Waals surface area contributed by atoms with Crippen LogP contribution in [0.3, 0.4) is 0 Å². The van der Waals surface area contributed by atoms with Crippen molar-refractivity contribution in [3.05, 3.63) is 81.6 Å². The highest BCUT2D eigenvalue weighted by molar-refractivity contribution is 6.30. The van der Waals surface area contributed by atoms with Crippen LogP contribution in [0.2, 0.25) is 5.02 Å². The van der Waals surface area contributed by atoms with E-state index in [0.717, 1.165) is 28.2 Å². The van der Waals surface area contributed by atoms with Crippen molar-refractivity contribution >= 4 is 29.3 Å². The molecule has 0 aliphatic heterocycles. The first-order chi connectivity index (χ1) is 13.8. The number of aryl methyl sites for hydroxylation is 2. The molecule has 2 N–H and O–H groups in total. The molecule has 0 aliphatic carbocycles. The highest BCUT2D eigenvalue weighted by Gasteiger charge is 2.15. The molecule has 6 heteroatoms. The van der Waals surface area contributed by atoms with Crippen LogP contribution in [0.1, 0.15) is 22.5 Å². The van der Waals surface area contributed by atoms with Crippen LogP contribution in [0.25, 0.3) is 11.8 Å². The molecule has 0 aliphatic rings. The molecule has 146 valence electrons. The van der Waals surface area contributed by atoms with Crippen LogP contribution in [-0.2, 0) is 4.79 Å². The van der Waals surface area contributed by atoms with Crippen LogP contribution in [0, 0.1) is 32.1 Å². The van der Waals surface area contributed by atoms with E-state index in [-0.39, 0.29) is 11.3 Å². The number of benzene rings is 2. The number of carbonyl (C=O) groups excluding carboxylic acids is 1. The third-order valence-electron chi connectivity index (χ3n) is 4.67. The molecule has 0 bridgehead atoms. The molecule has 0 radical (unpaired) electrons. The summed E-state index contributed by atoms with van der Waals surface area (Å²) in [6, 6.07) is 15.7. The molecule has 0 saturated carbocycles. The number of phenolic OH excluding ortho intramolecular Hbond substituents is 1. The summed E-state index contributed by atoms with van der Waals surface area (Å²) < 4.78 is 2.06. The molecule has 29 heavy (non-hydrogen) atoms. The molecule has 0 unspecified atom stereocenters. The molecule has 0 spiro atoms. The topological polar surface area (TPSA) is 78.0 Å². The van der Waals surface area contributed by atoms with Gasteiger partial charge in [0.25, 0.3) is 5.91 Å². The van der Waals surface area contributed by atoms with E-state index in [1.54, 1.807) is 18.2 Å². The number of anilines is 1. The standard InChI is InChI=1S/C23H20ClN3O2/c1-14-4-5-19(24)12-22(14)27-15(2)10-17(16(27)3)11-18(13-25)23(29)26-20-6-8-21(28)9-7-20/h4-12,28H,1-3H3,(H,26,29)/b18-11-. The number of aromatic hydroxyl groups is 1. The van der Waals surface area contributed by atoms with Crippen molar-refractivity contribution in [1.29, 1.82) is 5.26 Å². The van der Waals surface area contributed by atoms with E-state index in [9.17, 15) is 15.2 Å². The highest BCUT2D eigenvalue weighted by atomic mass is 35.5. The number of nitriles is 1. The first-order valence-corrected chi connectivity index (χ1v) is 9.35. The summed E-state index contributed by atoms with van der Waals surface area (Å²) in [5, 5.41) is 22.1.